The highest BCUT2D eigenvalue weighted by atomic mass is 16.1. The van der Waals surface area contributed by atoms with Gasteiger partial charge in [-0.3, -0.25) is 4.79 Å². The van der Waals surface area contributed by atoms with E-state index in [0.29, 0.717) is 17.2 Å². The van der Waals surface area contributed by atoms with Crippen LogP contribution in [0.5, 0.6) is 0 Å². The van der Waals surface area contributed by atoms with Gasteiger partial charge >= 0.3 is 0 Å². The van der Waals surface area contributed by atoms with Crippen LogP contribution in [0.15, 0.2) is 67.5 Å². The van der Waals surface area contributed by atoms with Crippen LogP contribution < -0.4 is 0 Å². The molecule has 122 valence electrons. The molecule has 0 spiro atoms. The Hall–Kier alpha value is -3.61. The number of imidazole rings is 1. The monoisotopic (exact) mass is 330 g/mol. The first-order valence-corrected chi connectivity index (χ1v) is 7.67. The molecule has 1 aromatic carbocycles. The molecular weight excluding hydrogens is 316 g/mol. The highest BCUT2D eigenvalue weighted by molar-refractivity contribution is 6.07. The van der Waals surface area contributed by atoms with E-state index in [4.69, 9.17) is 0 Å². The lowest BCUT2D eigenvalue weighted by Gasteiger charge is -2.06. The van der Waals surface area contributed by atoms with Crippen molar-refractivity contribution in [2.75, 3.05) is 0 Å². The van der Waals surface area contributed by atoms with E-state index >= 15 is 0 Å². The molecule has 7 nitrogen and oxygen atoms in total. The average molecular weight is 330 g/mol. The fourth-order valence-corrected chi connectivity index (χ4v) is 2.57. The number of hydrogen-bond acceptors (Lipinski definition) is 5. The predicted octanol–water partition coefficient (Wildman–Crippen LogP) is 2.29. The summed E-state index contributed by atoms with van der Waals surface area (Å²) >= 11 is 0. The number of carbonyl (C=O) groups is 1. The third-order valence-corrected chi connectivity index (χ3v) is 3.84. The molecule has 0 amide bonds. The second kappa shape index (κ2) is 6.12. The summed E-state index contributed by atoms with van der Waals surface area (Å²) in [4.78, 5) is 25.3. The van der Waals surface area contributed by atoms with E-state index in [1.54, 1.807) is 41.0 Å². The Morgan fingerprint density at radius 2 is 1.92 bits per heavy atom. The van der Waals surface area contributed by atoms with Crippen molar-refractivity contribution in [3.05, 3.63) is 78.9 Å². The number of aryl methyl sites for hydroxylation is 1. The van der Waals surface area contributed by atoms with Gasteiger partial charge in [-0.25, -0.2) is 19.6 Å². The first kappa shape index (κ1) is 14.9. The molecule has 4 rings (SSSR count). The summed E-state index contributed by atoms with van der Waals surface area (Å²) in [6, 6.07) is 11.0. The molecule has 25 heavy (non-hydrogen) atoms. The topological polar surface area (TPSA) is 78.5 Å². The molecule has 0 aliphatic rings. The van der Waals surface area contributed by atoms with Crippen LogP contribution >= 0.6 is 0 Å². The van der Waals surface area contributed by atoms with E-state index in [1.807, 2.05) is 36.5 Å². The van der Waals surface area contributed by atoms with E-state index in [0.717, 1.165) is 11.3 Å². The maximum Gasteiger partial charge on any atom is 0.228 e. The molecule has 0 fully saturated rings. The fraction of sp³-hybridized carbons (Fsp3) is 0.0556. The normalized spacial score (nSPS) is 10.8. The minimum atomic E-state index is -0.129. The first-order chi connectivity index (χ1) is 12.2. The lowest BCUT2D eigenvalue weighted by molar-refractivity contribution is 0.102. The van der Waals surface area contributed by atoms with E-state index in [-0.39, 0.29) is 5.78 Å². The molecule has 3 heterocycles. The van der Waals surface area contributed by atoms with Gasteiger partial charge in [0.1, 0.15) is 6.33 Å². The number of benzene rings is 1. The summed E-state index contributed by atoms with van der Waals surface area (Å²) in [6.07, 6.45) is 8.34. The Morgan fingerprint density at radius 3 is 2.68 bits per heavy atom. The van der Waals surface area contributed by atoms with Gasteiger partial charge in [0.15, 0.2) is 11.6 Å². The second-order valence-corrected chi connectivity index (χ2v) is 5.48. The number of carbonyl (C=O) groups excluding carboxylic acids is 1. The van der Waals surface area contributed by atoms with Gasteiger partial charge in [0.2, 0.25) is 5.78 Å². The highest BCUT2D eigenvalue weighted by Gasteiger charge is 2.14. The van der Waals surface area contributed by atoms with Gasteiger partial charge in [0.05, 0.1) is 5.69 Å². The molecule has 0 atom stereocenters. The Kier molecular flexibility index (Phi) is 3.66. The van der Waals surface area contributed by atoms with E-state index in [1.165, 1.54) is 6.33 Å². The molecule has 0 N–H and O–H groups in total. The Morgan fingerprint density at radius 1 is 1.00 bits per heavy atom. The molecule has 0 unspecified atom stereocenters. The van der Waals surface area contributed by atoms with Gasteiger partial charge in [-0.1, -0.05) is 18.2 Å². The maximum atomic E-state index is 12.6. The number of aromatic nitrogens is 6. The standard InChI is InChI=1S/C18H14N6O/c1-23-9-7-19-18(23)17(25)14-5-2-4-13(10-14)15-11-16(21-12-20-15)24-8-3-6-22-24/h2-12H,1H3. The summed E-state index contributed by atoms with van der Waals surface area (Å²) in [5.74, 6) is 0.934. The van der Waals surface area contributed by atoms with Gasteiger partial charge in [-0.15, -0.1) is 0 Å². The minimum absolute atomic E-state index is 0.129. The van der Waals surface area contributed by atoms with Crippen LogP contribution in [0, 0.1) is 0 Å². The number of nitrogens with zero attached hydrogens (tertiary/aromatic N) is 6. The highest BCUT2D eigenvalue weighted by Crippen LogP contribution is 2.20. The zero-order valence-corrected chi connectivity index (χ0v) is 13.4. The van der Waals surface area contributed by atoms with Crippen LogP contribution in [-0.2, 0) is 7.05 Å². The van der Waals surface area contributed by atoms with E-state index in [2.05, 4.69) is 20.1 Å². The van der Waals surface area contributed by atoms with Gasteiger partial charge < -0.3 is 4.57 Å². The minimum Gasteiger partial charge on any atom is -0.331 e. The molecule has 0 aliphatic heterocycles. The molecule has 3 aromatic heterocycles. The number of rotatable bonds is 4. The number of hydrogen-bond donors (Lipinski definition) is 0. The first-order valence-electron chi connectivity index (χ1n) is 7.67. The van der Waals surface area contributed by atoms with Crippen molar-refractivity contribution < 1.29 is 4.79 Å². The van der Waals surface area contributed by atoms with Crippen molar-refractivity contribution in [2.24, 2.45) is 7.05 Å². The van der Waals surface area contributed by atoms with E-state index < -0.39 is 0 Å². The predicted molar refractivity (Wildman–Crippen MR) is 91.2 cm³/mol. The van der Waals surface area contributed by atoms with Crippen LogP contribution in [0.4, 0.5) is 0 Å². The molecule has 7 heteroatoms. The third-order valence-electron chi connectivity index (χ3n) is 3.84. The van der Waals surface area contributed by atoms with Crippen molar-refractivity contribution in [2.45, 2.75) is 0 Å². The van der Waals surface area contributed by atoms with Crippen molar-refractivity contribution >= 4 is 5.78 Å². The van der Waals surface area contributed by atoms with Crippen molar-refractivity contribution in [3.63, 3.8) is 0 Å². The lowest BCUT2D eigenvalue weighted by atomic mass is 10.0. The summed E-state index contributed by atoms with van der Waals surface area (Å²) in [6.45, 7) is 0. The van der Waals surface area contributed by atoms with Crippen LogP contribution in [0.3, 0.4) is 0 Å². The molecule has 4 aromatic rings. The van der Waals surface area contributed by atoms with Crippen molar-refractivity contribution in [1.29, 1.82) is 0 Å². The summed E-state index contributed by atoms with van der Waals surface area (Å²) in [7, 11) is 1.80. The molecule has 0 saturated carbocycles. The van der Waals surface area contributed by atoms with Crippen LogP contribution in [0.1, 0.15) is 16.2 Å². The van der Waals surface area contributed by atoms with Crippen LogP contribution in [-0.4, -0.2) is 35.1 Å². The van der Waals surface area contributed by atoms with Crippen LogP contribution in [0.25, 0.3) is 17.1 Å². The third kappa shape index (κ3) is 2.83. The second-order valence-electron chi connectivity index (χ2n) is 5.48. The lowest BCUT2D eigenvalue weighted by Crippen LogP contribution is -2.08. The zero-order chi connectivity index (χ0) is 17.2. The SMILES string of the molecule is Cn1ccnc1C(=O)c1cccc(-c2cc(-n3cccn3)ncn2)c1. The Labute approximate surface area is 143 Å². The Balaban J connectivity index is 1.72. The number of ketones is 1. The van der Waals surface area contributed by atoms with Gasteiger partial charge in [0.25, 0.3) is 0 Å². The quantitative estimate of drug-likeness (QED) is 0.537. The summed E-state index contributed by atoms with van der Waals surface area (Å²) in [5.41, 5.74) is 2.11. The molecule has 0 aliphatic carbocycles. The molecular formula is C18H14N6O. The van der Waals surface area contributed by atoms with Crippen molar-refractivity contribution in [3.8, 4) is 17.1 Å². The van der Waals surface area contributed by atoms with Crippen LogP contribution in [0.2, 0.25) is 0 Å². The molecule has 0 bridgehead atoms. The Bertz CT molecular complexity index is 1040. The zero-order valence-electron chi connectivity index (χ0n) is 13.4. The maximum absolute atomic E-state index is 12.6. The molecule has 0 radical (unpaired) electrons. The fourth-order valence-electron chi connectivity index (χ4n) is 2.57. The summed E-state index contributed by atoms with van der Waals surface area (Å²) < 4.78 is 3.36. The van der Waals surface area contributed by atoms with Gasteiger partial charge in [-0.2, -0.15) is 5.10 Å². The van der Waals surface area contributed by atoms with E-state index in [9.17, 15) is 4.79 Å². The molecule has 0 saturated heterocycles. The van der Waals surface area contributed by atoms with Crippen molar-refractivity contribution in [1.82, 2.24) is 29.3 Å². The van der Waals surface area contributed by atoms with Gasteiger partial charge in [-0.05, 0) is 12.1 Å². The average Bonchev–Trinajstić information content (AvgIpc) is 3.33. The smallest absolute Gasteiger partial charge is 0.228 e. The summed E-state index contributed by atoms with van der Waals surface area (Å²) in [5, 5.41) is 4.17. The largest absolute Gasteiger partial charge is 0.331 e. The van der Waals surface area contributed by atoms with Gasteiger partial charge in [0, 0.05) is 49.0 Å².